The lowest BCUT2D eigenvalue weighted by molar-refractivity contribution is -0.134. The molecule has 1 spiro atoms. The number of hydrogen-bond donors (Lipinski definition) is 0. The number of piperidine rings is 1. The van der Waals surface area contributed by atoms with Gasteiger partial charge in [0.25, 0.3) is 0 Å². The summed E-state index contributed by atoms with van der Waals surface area (Å²) in [6, 6.07) is 13.0. The minimum atomic E-state index is -0.400. The summed E-state index contributed by atoms with van der Waals surface area (Å²) in [6.45, 7) is 13.2. The van der Waals surface area contributed by atoms with E-state index >= 15 is 0 Å². The van der Waals surface area contributed by atoms with Crippen LogP contribution in [0.25, 0.3) is 0 Å². The zero-order valence-electron chi connectivity index (χ0n) is 22.8. The maximum atomic E-state index is 14.5. The molecular weight excluding hydrogens is 444 g/mol. The Morgan fingerprint density at radius 3 is 2.06 bits per heavy atom. The van der Waals surface area contributed by atoms with Crippen LogP contribution in [0, 0.1) is 33.1 Å². The summed E-state index contributed by atoms with van der Waals surface area (Å²) in [7, 11) is 2.20. The molecule has 0 bridgehead atoms. The number of benzene rings is 2. The van der Waals surface area contributed by atoms with E-state index < -0.39 is 5.41 Å². The maximum Gasteiger partial charge on any atom is 0.235 e. The fourth-order valence-corrected chi connectivity index (χ4v) is 6.86. The van der Waals surface area contributed by atoms with Gasteiger partial charge in [-0.1, -0.05) is 54.7 Å². The monoisotopic (exact) mass is 486 g/mol. The highest BCUT2D eigenvalue weighted by molar-refractivity contribution is 6.13. The fourth-order valence-electron chi connectivity index (χ4n) is 6.86. The molecule has 1 saturated carbocycles. The number of rotatable bonds is 3. The molecule has 192 valence electrons. The van der Waals surface area contributed by atoms with E-state index in [2.05, 4.69) is 85.8 Å². The van der Waals surface area contributed by atoms with Crippen molar-refractivity contribution in [1.29, 1.82) is 0 Å². The van der Waals surface area contributed by atoms with E-state index in [0.29, 0.717) is 12.5 Å². The number of likely N-dealkylation sites (N-methyl/N-ethyl adjacent to an activating group) is 1. The summed E-state index contributed by atoms with van der Waals surface area (Å²) in [5, 5.41) is 0. The molecule has 1 aliphatic carbocycles. The maximum absolute atomic E-state index is 14.5. The number of amides is 1. The van der Waals surface area contributed by atoms with E-state index in [-0.39, 0.29) is 6.04 Å². The molecule has 3 fully saturated rings. The van der Waals surface area contributed by atoms with Crippen LogP contribution in [0.2, 0.25) is 0 Å². The first kappa shape index (κ1) is 25.2. The second-order valence-electron chi connectivity index (χ2n) is 11.5. The number of nitrogens with zero attached hydrogens (tertiary/aromatic N) is 4. The van der Waals surface area contributed by atoms with E-state index in [4.69, 9.17) is 4.99 Å². The van der Waals surface area contributed by atoms with Crippen LogP contribution in [0.3, 0.4) is 0 Å². The van der Waals surface area contributed by atoms with Crippen molar-refractivity contribution < 1.29 is 4.79 Å². The Morgan fingerprint density at radius 1 is 0.833 bits per heavy atom. The highest BCUT2D eigenvalue weighted by Crippen LogP contribution is 2.47. The molecule has 0 radical (unpaired) electrons. The Morgan fingerprint density at radius 2 is 1.44 bits per heavy atom. The van der Waals surface area contributed by atoms with Crippen LogP contribution in [-0.4, -0.2) is 67.2 Å². The van der Waals surface area contributed by atoms with Crippen molar-refractivity contribution in [1.82, 2.24) is 9.80 Å². The lowest BCUT2D eigenvalue weighted by Gasteiger charge is -2.54. The molecule has 0 aromatic heterocycles. The van der Waals surface area contributed by atoms with Crippen molar-refractivity contribution in [2.24, 2.45) is 10.4 Å². The van der Waals surface area contributed by atoms with E-state index in [0.717, 1.165) is 68.9 Å². The molecule has 2 aromatic rings. The Balaban J connectivity index is 1.66. The Hall–Kier alpha value is -2.50. The molecule has 1 unspecified atom stereocenters. The minimum Gasteiger partial charge on any atom is -0.306 e. The summed E-state index contributed by atoms with van der Waals surface area (Å²) in [5.74, 6) is 0.311. The Kier molecular flexibility index (Phi) is 7.06. The normalized spacial score (nSPS) is 24.6. The Labute approximate surface area is 217 Å². The number of carbonyl (C=O) groups is 1. The zero-order chi connectivity index (χ0) is 25.4. The number of hydrogen-bond acceptors (Lipinski definition) is 4. The SMILES string of the molecule is Cc1ccc(N2C/C(=N/c3c(C)cc(C)cc3C)C(N3CCN(C)CC3)C3(CCCCC3)C2=O)cc1. The molecule has 3 aliphatic rings. The quantitative estimate of drug-likeness (QED) is 0.566. The minimum absolute atomic E-state index is 0.0702. The molecular formula is C31H42N4O. The van der Waals surface area contributed by atoms with Gasteiger partial charge in [0.05, 0.1) is 29.4 Å². The molecule has 36 heavy (non-hydrogen) atoms. The first-order valence-corrected chi connectivity index (χ1v) is 13.7. The van der Waals surface area contributed by atoms with Gasteiger partial charge in [0, 0.05) is 31.9 Å². The molecule has 1 atom stereocenters. The van der Waals surface area contributed by atoms with Gasteiger partial charge in [0.2, 0.25) is 5.91 Å². The average molecular weight is 487 g/mol. The largest absolute Gasteiger partial charge is 0.306 e. The van der Waals surface area contributed by atoms with Crippen LogP contribution in [0.4, 0.5) is 11.4 Å². The summed E-state index contributed by atoms with van der Waals surface area (Å²) >= 11 is 0. The first-order valence-electron chi connectivity index (χ1n) is 13.7. The number of aryl methyl sites for hydroxylation is 4. The van der Waals surface area contributed by atoms with Crippen molar-refractivity contribution in [2.75, 3.05) is 44.7 Å². The van der Waals surface area contributed by atoms with Gasteiger partial charge >= 0.3 is 0 Å². The van der Waals surface area contributed by atoms with E-state index in [1.165, 1.54) is 28.7 Å². The predicted octanol–water partition coefficient (Wildman–Crippen LogP) is 5.61. The van der Waals surface area contributed by atoms with Crippen LogP contribution in [-0.2, 0) is 4.79 Å². The van der Waals surface area contributed by atoms with Gasteiger partial charge in [-0.25, -0.2) is 0 Å². The van der Waals surface area contributed by atoms with Gasteiger partial charge in [-0.05, 0) is 70.8 Å². The molecule has 2 saturated heterocycles. The molecule has 2 aromatic carbocycles. The fraction of sp³-hybridized carbons (Fsp3) is 0.548. The summed E-state index contributed by atoms with van der Waals surface area (Å²) in [5.41, 5.74) is 7.76. The second-order valence-corrected chi connectivity index (χ2v) is 11.5. The molecule has 5 nitrogen and oxygen atoms in total. The zero-order valence-corrected chi connectivity index (χ0v) is 22.8. The third-order valence-corrected chi connectivity index (χ3v) is 8.72. The number of piperazine rings is 1. The van der Waals surface area contributed by atoms with Crippen LogP contribution in [0.5, 0.6) is 0 Å². The van der Waals surface area contributed by atoms with E-state index in [1.54, 1.807) is 0 Å². The molecule has 2 aliphatic heterocycles. The second kappa shape index (κ2) is 10.1. The van der Waals surface area contributed by atoms with Crippen LogP contribution in [0.15, 0.2) is 41.4 Å². The van der Waals surface area contributed by atoms with E-state index in [9.17, 15) is 4.79 Å². The predicted molar refractivity (Wildman–Crippen MR) is 150 cm³/mol. The molecule has 1 amide bonds. The molecule has 5 heteroatoms. The number of aliphatic imine (C=N–C) groups is 1. The Bertz CT molecular complexity index is 1110. The van der Waals surface area contributed by atoms with Crippen LogP contribution >= 0.6 is 0 Å². The third-order valence-electron chi connectivity index (χ3n) is 8.72. The van der Waals surface area contributed by atoms with Crippen LogP contribution < -0.4 is 4.90 Å². The van der Waals surface area contributed by atoms with Gasteiger partial charge in [0.1, 0.15) is 0 Å². The molecule has 0 N–H and O–H groups in total. The number of carbonyl (C=O) groups excluding carboxylic acids is 1. The van der Waals surface area contributed by atoms with Gasteiger partial charge in [0.15, 0.2) is 0 Å². The van der Waals surface area contributed by atoms with Crippen molar-refractivity contribution in [3.63, 3.8) is 0 Å². The standard InChI is InChI=1S/C31H42N4O/c1-22-9-11-26(12-10-22)35-21-27(32-28-24(3)19-23(2)20-25(28)4)29(34-17-15-33(5)16-18-34)31(30(35)36)13-7-6-8-14-31/h9-12,19-20,29H,6-8,13-18,21H2,1-5H3/b32-27-. The number of anilines is 1. The van der Waals surface area contributed by atoms with E-state index in [1.807, 2.05) is 0 Å². The summed E-state index contributed by atoms with van der Waals surface area (Å²) < 4.78 is 0. The topological polar surface area (TPSA) is 39.1 Å². The lowest BCUT2D eigenvalue weighted by atomic mass is 9.64. The summed E-state index contributed by atoms with van der Waals surface area (Å²) in [6.07, 6.45) is 5.37. The molecule has 5 rings (SSSR count). The summed E-state index contributed by atoms with van der Waals surface area (Å²) in [4.78, 5) is 27.1. The van der Waals surface area contributed by atoms with Crippen LogP contribution in [0.1, 0.15) is 54.4 Å². The van der Waals surface area contributed by atoms with Gasteiger partial charge in [-0.2, -0.15) is 0 Å². The highest BCUT2D eigenvalue weighted by Gasteiger charge is 2.56. The molecule has 2 heterocycles. The average Bonchev–Trinajstić information content (AvgIpc) is 2.86. The van der Waals surface area contributed by atoms with Crippen molar-refractivity contribution in [3.05, 3.63) is 58.7 Å². The third kappa shape index (κ3) is 4.64. The smallest absolute Gasteiger partial charge is 0.235 e. The first-order chi connectivity index (χ1) is 17.3. The lowest BCUT2D eigenvalue weighted by Crippen LogP contribution is -2.68. The van der Waals surface area contributed by atoms with Crippen molar-refractivity contribution >= 4 is 23.0 Å². The van der Waals surface area contributed by atoms with Gasteiger partial charge < -0.3 is 9.80 Å². The van der Waals surface area contributed by atoms with Crippen molar-refractivity contribution in [3.8, 4) is 0 Å². The highest BCUT2D eigenvalue weighted by atomic mass is 16.2. The van der Waals surface area contributed by atoms with Gasteiger partial charge in [-0.15, -0.1) is 0 Å². The van der Waals surface area contributed by atoms with Gasteiger partial charge in [-0.3, -0.25) is 14.7 Å². The van der Waals surface area contributed by atoms with Crippen molar-refractivity contribution in [2.45, 2.75) is 65.8 Å².